The summed E-state index contributed by atoms with van der Waals surface area (Å²) in [4.78, 5) is 2.57. The Bertz CT molecular complexity index is 4300. The first-order valence-electron chi connectivity index (χ1n) is 29.5. The van der Waals surface area contributed by atoms with Crippen LogP contribution in [0, 0.1) is 0 Å². The molecule has 0 heterocycles. The molecule has 0 radical (unpaired) electrons. The van der Waals surface area contributed by atoms with Crippen molar-refractivity contribution in [2.75, 3.05) is 4.90 Å². The summed E-state index contributed by atoms with van der Waals surface area (Å²) in [5.41, 5.74) is 30.8. The second-order valence-corrected chi connectivity index (χ2v) is 26.4. The van der Waals surface area contributed by atoms with Crippen molar-refractivity contribution in [3.05, 3.63) is 304 Å². The molecular formula is C81H71N. The van der Waals surface area contributed by atoms with Crippen LogP contribution < -0.4 is 4.90 Å². The van der Waals surface area contributed by atoms with Gasteiger partial charge in [0.1, 0.15) is 0 Å². The molecule has 1 nitrogen and oxygen atoms in total. The van der Waals surface area contributed by atoms with Crippen molar-refractivity contribution in [1.82, 2.24) is 0 Å². The summed E-state index contributed by atoms with van der Waals surface area (Å²) in [5, 5.41) is 0. The largest absolute Gasteiger partial charge is 0.309 e. The van der Waals surface area contributed by atoms with Gasteiger partial charge in [-0.15, -0.1) is 0 Å². The fraction of sp³-hybridized carbons (Fsp3) is 0.185. The van der Waals surface area contributed by atoms with E-state index in [4.69, 9.17) is 0 Å². The van der Waals surface area contributed by atoms with Gasteiger partial charge in [-0.2, -0.15) is 0 Å². The summed E-state index contributed by atoms with van der Waals surface area (Å²) in [6, 6.07) is 95.0. The normalized spacial score (nSPS) is 14.8. The molecule has 0 saturated carbocycles. The maximum atomic E-state index is 2.57. The Labute approximate surface area is 486 Å². The molecule has 82 heavy (non-hydrogen) atoms. The minimum absolute atomic E-state index is 0.0560. The molecule has 0 aliphatic heterocycles. The third-order valence-electron chi connectivity index (χ3n) is 18.9. The molecule has 1 heteroatoms. The van der Waals surface area contributed by atoms with Crippen molar-refractivity contribution in [2.24, 2.45) is 0 Å². The van der Waals surface area contributed by atoms with Crippen molar-refractivity contribution in [3.8, 4) is 66.8 Å². The summed E-state index contributed by atoms with van der Waals surface area (Å²) in [7, 11) is 0. The van der Waals surface area contributed by atoms with E-state index in [0.717, 1.165) is 17.1 Å². The maximum Gasteiger partial charge on any atom is 0.0714 e. The molecule has 0 aromatic heterocycles. The molecule has 0 N–H and O–H groups in total. The fourth-order valence-corrected chi connectivity index (χ4v) is 14.7. The lowest BCUT2D eigenvalue weighted by atomic mass is 9.66. The van der Waals surface area contributed by atoms with Crippen LogP contribution in [0.25, 0.3) is 66.8 Å². The molecule has 0 amide bonds. The molecule has 3 aliphatic rings. The van der Waals surface area contributed by atoms with Crippen LogP contribution in [0.1, 0.15) is 125 Å². The van der Waals surface area contributed by atoms with Gasteiger partial charge in [0.05, 0.1) is 16.8 Å². The molecule has 0 bridgehead atoms. The van der Waals surface area contributed by atoms with Crippen molar-refractivity contribution in [1.29, 1.82) is 0 Å². The third-order valence-corrected chi connectivity index (χ3v) is 18.9. The number of para-hydroxylation sites is 1. The zero-order valence-electron chi connectivity index (χ0n) is 49.1. The van der Waals surface area contributed by atoms with Crippen LogP contribution in [-0.4, -0.2) is 0 Å². The molecule has 400 valence electrons. The molecule has 11 aromatic rings. The van der Waals surface area contributed by atoms with E-state index < -0.39 is 5.41 Å². The van der Waals surface area contributed by atoms with E-state index in [0.29, 0.717) is 0 Å². The van der Waals surface area contributed by atoms with E-state index in [1.54, 1.807) is 0 Å². The molecule has 14 rings (SSSR count). The highest BCUT2D eigenvalue weighted by Gasteiger charge is 2.48. The summed E-state index contributed by atoms with van der Waals surface area (Å²) in [6.45, 7) is 23.6. The van der Waals surface area contributed by atoms with Gasteiger partial charge in [0.2, 0.25) is 0 Å². The minimum atomic E-state index is -0.628. The number of anilines is 3. The van der Waals surface area contributed by atoms with E-state index >= 15 is 0 Å². The molecular weight excluding hydrogens is 987 g/mol. The standard InChI is InChI=1S/C81H71N/c1-77(2,3)54-25-21-27-56(50-54)81(57-28-22-26-55(51-57)78(4,5)6)70-39-19-15-34-67(70)75-71(81)40-24-42-74(75)82(73-41-20-16-30-60(73)53-45-48-64-62-32-13-17-37-68(62)79(7,8)72(64)49-53)58-46-43-52(44-47-58)59-29-11-12-31-61(59)65-35-23-36-66-63-33-14-18-38-69(63)80(9,10)76(65)66/h11-51H,1-10H3. The van der Waals surface area contributed by atoms with E-state index in [-0.39, 0.29) is 21.7 Å². The first-order valence-corrected chi connectivity index (χ1v) is 29.5. The Morgan fingerprint density at radius 2 is 0.732 bits per heavy atom. The lowest BCUT2D eigenvalue weighted by molar-refractivity contribution is 0.585. The average molecular weight is 1060 g/mol. The Kier molecular flexibility index (Phi) is 11.7. The van der Waals surface area contributed by atoms with Crippen molar-refractivity contribution >= 4 is 17.1 Å². The molecule has 0 saturated heterocycles. The van der Waals surface area contributed by atoms with Gasteiger partial charge < -0.3 is 4.90 Å². The SMILES string of the molecule is CC(C)(C)c1cccc(C2(c3cccc(C(C)(C)C)c3)c3ccccc3-c3c(N(c4ccc(-c5ccccc5-c5cccc6c5C(C)(C)c5ccccc5-6)cc4)c4ccccc4-c4ccc5c(c4)C(C)(C)c4ccccc4-5)cccc32)c1. The maximum absolute atomic E-state index is 2.57. The van der Waals surface area contributed by atoms with Crippen LogP contribution in [0.5, 0.6) is 0 Å². The van der Waals surface area contributed by atoms with Gasteiger partial charge in [-0.25, -0.2) is 0 Å². The zero-order chi connectivity index (χ0) is 56.5. The minimum Gasteiger partial charge on any atom is -0.309 e. The fourth-order valence-electron chi connectivity index (χ4n) is 14.7. The number of hydrogen-bond donors (Lipinski definition) is 0. The Balaban J connectivity index is 1.00. The predicted octanol–water partition coefficient (Wildman–Crippen LogP) is 21.7. The highest BCUT2D eigenvalue weighted by Crippen LogP contribution is 2.61. The van der Waals surface area contributed by atoms with Gasteiger partial charge in [-0.3, -0.25) is 0 Å². The van der Waals surface area contributed by atoms with Crippen LogP contribution in [0.15, 0.2) is 249 Å². The van der Waals surface area contributed by atoms with Gasteiger partial charge >= 0.3 is 0 Å². The lowest BCUT2D eigenvalue weighted by Gasteiger charge is -2.36. The number of rotatable bonds is 8. The lowest BCUT2D eigenvalue weighted by Crippen LogP contribution is -2.30. The van der Waals surface area contributed by atoms with Gasteiger partial charge in [0.15, 0.2) is 0 Å². The molecule has 0 unspecified atom stereocenters. The first-order chi connectivity index (χ1) is 39.5. The number of fused-ring (bicyclic) bond motifs is 9. The summed E-state index contributed by atoms with van der Waals surface area (Å²) >= 11 is 0. The first kappa shape index (κ1) is 51.4. The van der Waals surface area contributed by atoms with Crippen LogP contribution in [0.4, 0.5) is 17.1 Å². The molecule has 0 spiro atoms. The quantitative estimate of drug-likeness (QED) is 0.147. The molecule has 11 aromatic carbocycles. The second kappa shape index (κ2) is 18.6. The van der Waals surface area contributed by atoms with Crippen LogP contribution in [0.3, 0.4) is 0 Å². The van der Waals surface area contributed by atoms with Gasteiger partial charge in [0, 0.05) is 27.6 Å². The molecule has 0 atom stereocenters. The average Bonchev–Trinajstić information content (AvgIpc) is 1.91. The van der Waals surface area contributed by atoms with E-state index in [1.807, 2.05) is 0 Å². The molecule has 0 fully saturated rings. The predicted molar refractivity (Wildman–Crippen MR) is 347 cm³/mol. The monoisotopic (exact) mass is 1060 g/mol. The summed E-state index contributed by atoms with van der Waals surface area (Å²) < 4.78 is 0. The number of hydrogen-bond acceptors (Lipinski definition) is 1. The van der Waals surface area contributed by atoms with Crippen LogP contribution in [-0.2, 0) is 27.1 Å². The summed E-state index contributed by atoms with van der Waals surface area (Å²) in [5.74, 6) is 0. The highest BCUT2D eigenvalue weighted by molar-refractivity contribution is 6.01. The Morgan fingerprint density at radius 1 is 0.293 bits per heavy atom. The topological polar surface area (TPSA) is 3.24 Å². The van der Waals surface area contributed by atoms with Gasteiger partial charge in [-0.05, 0) is 152 Å². The third kappa shape index (κ3) is 7.72. The zero-order valence-corrected chi connectivity index (χ0v) is 49.1. The van der Waals surface area contributed by atoms with Crippen LogP contribution >= 0.6 is 0 Å². The van der Waals surface area contributed by atoms with Crippen molar-refractivity contribution < 1.29 is 0 Å². The number of benzene rings is 11. The van der Waals surface area contributed by atoms with Gasteiger partial charge in [-0.1, -0.05) is 288 Å². The Hall–Kier alpha value is -8.78. The Morgan fingerprint density at radius 3 is 1.37 bits per heavy atom. The van der Waals surface area contributed by atoms with Crippen molar-refractivity contribution in [2.45, 2.75) is 96.3 Å². The molecule has 3 aliphatic carbocycles. The second-order valence-electron chi connectivity index (χ2n) is 26.4. The van der Waals surface area contributed by atoms with Crippen LogP contribution in [0.2, 0.25) is 0 Å². The van der Waals surface area contributed by atoms with E-state index in [2.05, 4.69) is 323 Å². The number of nitrogens with zero attached hydrogens (tertiary/aromatic N) is 1. The summed E-state index contributed by atoms with van der Waals surface area (Å²) in [6.07, 6.45) is 0. The van der Waals surface area contributed by atoms with E-state index in [1.165, 1.54) is 122 Å². The van der Waals surface area contributed by atoms with Crippen molar-refractivity contribution in [3.63, 3.8) is 0 Å². The highest BCUT2D eigenvalue weighted by atomic mass is 15.1. The smallest absolute Gasteiger partial charge is 0.0714 e. The van der Waals surface area contributed by atoms with E-state index in [9.17, 15) is 0 Å². The van der Waals surface area contributed by atoms with Gasteiger partial charge in [0.25, 0.3) is 0 Å².